The minimum Gasteiger partial charge on any atom is -0.384 e. The molecule has 0 amide bonds. The van der Waals surface area contributed by atoms with E-state index >= 15 is 0 Å². The van der Waals surface area contributed by atoms with E-state index in [0.29, 0.717) is 11.6 Å². The molecule has 3 heteroatoms. The van der Waals surface area contributed by atoms with Crippen LogP contribution in [0, 0.1) is 6.92 Å². The summed E-state index contributed by atoms with van der Waals surface area (Å²) >= 11 is 0. The fourth-order valence-electron chi connectivity index (χ4n) is 0.474. The molecule has 0 bridgehead atoms. The van der Waals surface area contributed by atoms with Gasteiger partial charge in [-0.3, -0.25) is 0 Å². The van der Waals surface area contributed by atoms with Crippen LogP contribution in [0.1, 0.15) is 33.5 Å². The lowest BCUT2D eigenvalue weighted by Crippen LogP contribution is -1.92. The van der Waals surface area contributed by atoms with Crippen LogP contribution in [0.2, 0.25) is 0 Å². The van der Waals surface area contributed by atoms with E-state index in [0.717, 1.165) is 0 Å². The zero-order valence-electron chi connectivity index (χ0n) is 8.63. The molecule has 0 aliphatic rings. The maximum atomic E-state index is 5.31. The molecular weight excluding hydrogens is 150 g/mol. The van der Waals surface area contributed by atoms with Gasteiger partial charge in [0.25, 0.3) is 0 Å². The van der Waals surface area contributed by atoms with Gasteiger partial charge in [-0.1, -0.05) is 27.7 Å². The lowest BCUT2D eigenvalue weighted by molar-refractivity contribution is 1.06. The Labute approximate surface area is 75.0 Å². The Morgan fingerprint density at radius 3 is 1.92 bits per heavy atom. The lowest BCUT2D eigenvalue weighted by atomic mass is 10.6. The number of aryl methyl sites for hydroxylation is 1. The predicted octanol–water partition coefficient (Wildman–Crippen LogP) is 2.42. The van der Waals surface area contributed by atoms with Gasteiger partial charge >= 0.3 is 0 Å². The standard InChI is InChI=1S/C5H7N3.2C2H6/c1-4-7-3-2-5(6)8-4;2*1-2/h2-3H,1H3,(H2,6,7,8);2*1-2H3. The summed E-state index contributed by atoms with van der Waals surface area (Å²) < 4.78 is 0. The van der Waals surface area contributed by atoms with Crippen molar-refractivity contribution in [2.75, 3.05) is 5.73 Å². The van der Waals surface area contributed by atoms with E-state index in [1.807, 2.05) is 27.7 Å². The van der Waals surface area contributed by atoms with Crippen molar-refractivity contribution in [3.63, 3.8) is 0 Å². The molecule has 70 valence electrons. The van der Waals surface area contributed by atoms with E-state index in [-0.39, 0.29) is 0 Å². The van der Waals surface area contributed by atoms with Crippen LogP contribution in [0.3, 0.4) is 0 Å². The second-order valence-electron chi connectivity index (χ2n) is 1.53. The predicted molar refractivity (Wildman–Crippen MR) is 53.9 cm³/mol. The van der Waals surface area contributed by atoms with Crippen LogP contribution in [0.4, 0.5) is 5.82 Å². The molecule has 2 N–H and O–H groups in total. The largest absolute Gasteiger partial charge is 0.384 e. The fraction of sp³-hybridized carbons (Fsp3) is 0.556. The Morgan fingerprint density at radius 1 is 1.17 bits per heavy atom. The molecule has 1 aromatic heterocycles. The van der Waals surface area contributed by atoms with Crippen LogP contribution in [0.5, 0.6) is 0 Å². The second-order valence-corrected chi connectivity index (χ2v) is 1.53. The van der Waals surface area contributed by atoms with Crippen molar-refractivity contribution in [1.82, 2.24) is 9.97 Å². The Morgan fingerprint density at radius 2 is 1.67 bits per heavy atom. The molecule has 0 atom stereocenters. The smallest absolute Gasteiger partial charge is 0.127 e. The highest BCUT2D eigenvalue weighted by Gasteiger charge is 1.84. The van der Waals surface area contributed by atoms with Gasteiger partial charge in [0.15, 0.2) is 0 Å². The molecular formula is C9H19N3. The molecule has 0 fully saturated rings. The van der Waals surface area contributed by atoms with Gasteiger partial charge < -0.3 is 5.73 Å². The topological polar surface area (TPSA) is 51.8 Å². The highest BCUT2D eigenvalue weighted by molar-refractivity contribution is 5.24. The Kier molecular flexibility index (Phi) is 11.1. The third kappa shape index (κ3) is 6.99. The monoisotopic (exact) mass is 169 g/mol. The Hall–Kier alpha value is -1.12. The molecule has 0 aliphatic heterocycles. The van der Waals surface area contributed by atoms with Gasteiger partial charge in [0.2, 0.25) is 0 Å². The summed E-state index contributed by atoms with van der Waals surface area (Å²) in [5, 5.41) is 0. The van der Waals surface area contributed by atoms with E-state index < -0.39 is 0 Å². The van der Waals surface area contributed by atoms with Gasteiger partial charge in [-0.05, 0) is 13.0 Å². The first-order chi connectivity index (χ1) is 5.79. The molecule has 0 aliphatic carbocycles. The average molecular weight is 169 g/mol. The van der Waals surface area contributed by atoms with Gasteiger partial charge in [0.1, 0.15) is 11.6 Å². The maximum absolute atomic E-state index is 5.31. The summed E-state index contributed by atoms with van der Waals surface area (Å²) in [7, 11) is 0. The van der Waals surface area contributed by atoms with Crippen molar-refractivity contribution in [1.29, 1.82) is 0 Å². The van der Waals surface area contributed by atoms with Crippen molar-refractivity contribution >= 4 is 5.82 Å². The van der Waals surface area contributed by atoms with Gasteiger partial charge in [-0.25, -0.2) is 9.97 Å². The van der Waals surface area contributed by atoms with Crippen molar-refractivity contribution in [3.8, 4) is 0 Å². The zero-order chi connectivity index (χ0) is 9.98. The fourth-order valence-corrected chi connectivity index (χ4v) is 0.474. The number of hydrogen-bond acceptors (Lipinski definition) is 3. The maximum Gasteiger partial charge on any atom is 0.127 e. The van der Waals surface area contributed by atoms with Gasteiger partial charge in [-0.2, -0.15) is 0 Å². The summed E-state index contributed by atoms with van der Waals surface area (Å²) in [5.74, 6) is 1.24. The van der Waals surface area contributed by atoms with E-state index in [1.54, 1.807) is 19.2 Å². The van der Waals surface area contributed by atoms with Crippen molar-refractivity contribution in [2.45, 2.75) is 34.6 Å². The Bertz CT molecular complexity index is 170. The number of nitrogen functional groups attached to an aromatic ring is 1. The summed E-state index contributed by atoms with van der Waals surface area (Å²) in [6.45, 7) is 9.80. The van der Waals surface area contributed by atoms with Crippen molar-refractivity contribution < 1.29 is 0 Å². The summed E-state index contributed by atoms with van der Waals surface area (Å²) in [6.07, 6.45) is 1.64. The summed E-state index contributed by atoms with van der Waals surface area (Å²) in [6, 6.07) is 1.66. The Balaban J connectivity index is 0. The number of nitrogens with zero attached hydrogens (tertiary/aromatic N) is 2. The summed E-state index contributed by atoms with van der Waals surface area (Å²) in [5.41, 5.74) is 5.31. The third-order valence-corrected chi connectivity index (χ3v) is 0.798. The molecule has 0 radical (unpaired) electrons. The molecule has 1 aromatic rings. The van der Waals surface area contributed by atoms with Gasteiger partial charge in [-0.15, -0.1) is 0 Å². The minimum absolute atomic E-state index is 0.525. The normalized spacial score (nSPS) is 7.08. The molecule has 3 nitrogen and oxygen atoms in total. The lowest BCUT2D eigenvalue weighted by Gasteiger charge is -1.89. The van der Waals surface area contributed by atoms with Gasteiger partial charge in [0, 0.05) is 6.20 Å². The van der Waals surface area contributed by atoms with Crippen LogP contribution in [0.15, 0.2) is 12.3 Å². The average Bonchev–Trinajstić information content (AvgIpc) is 2.11. The number of rotatable bonds is 0. The van der Waals surface area contributed by atoms with E-state index in [9.17, 15) is 0 Å². The number of anilines is 1. The van der Waals surface area contributed by atoms with Crippen molar-refractivity contribution in [2.24, 2.45) is 0 Å². The zero-order valence-corrected chi connectivity index (χ0v) is 8.63. The number of aromatic nitrogens is 2. The van der Waals surface area contributed by atoms with Crippen LogP contribution in [0.25, 0.3) is 0 Å². The first-order valence-electron chi connectivity index (χ1n) is 4.34. The number of nitrogens with two attached hydrogens (primary N) is 1. The first-order valence-corrected chi connectivity index (χ1v) is 4.34. The molecule has 0 saturated heterocycles. The second kappa shape index (κ2) is 9.88. The van der Waals surface area contributed by atoms with Gasteiger partial charge in [0.05, 0.1) is 0 Å². The van der Waals surface area contributed by atoms with Crippen molar-refractivity contribution in [3.05, 3.63) is 18.1 Å². The molecule has 0 unspecified atom stereocenters. The van der Waals surface area contributed by atoms with Crippen LogP contribution in [-0.4, -0.2) is 9.97 Å². The molecule has 12 heavy (non-hydrogen) atoms. The quantitative estimate of drug-likeness (QED) is 0.649. The highest BCUT2D eigenvalue weighted by atomic mass is 14.9. The summed E-state index contributed by atoms with van der Waals surface area (Å²) in [4.78, 5) is 7.69. The van der Waals surface area contributed by atoms with E-state index in [1.165, 1.54) is 0 Å². The molecule has 0 saturated carbocycles. The van der Waals surface area contributed by atoms with E-state index in [4.69, 9.17) is 5.73 Å². The molecule has 0 spiro atoms. The molecule has 1 heterocycles. The number of hydrogen-bond donors (Lipinski definition) is 1. The SMILES string of the molecule is CC.CC.Cc1nccc(N)n1. The third-order valence-electron chi connectivity index (χ3n) is 0.798. The minimum atomic E-state index is 0.525. The van der Waals surface area contributed by atoms with E-state index in [2.05, 4.69) is 9.97 Å². The molecule has 1 rings (SSSR count). The van der Waals surface area contributed by atoms with Crippen LogP contribution < -0.4 is 5.73 Å². The van der Waals surface area contributed by atoms with Crippen LogP contribution >= 0.6 is 0 Å². The van der Waals surface area contributed by atoms with Crippen LogP contribution in [-0.2, 0) is 0 Å². The first kappa shape index (κ1) is 13.5. The molecule has 0 aromatic carbocycles. The highest BCUT2D eigenvalue weighted by Crippen LogP contribution is 1.92.